The molecule has 0 fully saturated rings. The van der Waals surface area contributed by atoms with E-state index in [0.717, 1.165) is 58.2 Å². The number of allylic oxidation sites excluding steroid dienone is 4. The Morgan fingerprint density at radius 1 is 0.857 bits per heavy atom. The first kappa shape index (κ1) is 47.4. The van der Waals surface area contributed by atoms with Crippen molar-refractivity contribution < 1.29 is 43.9 Å². The monoisotopic (exact) mass is 944 g/mol. The molecule has 5 unspecified atom stereocenters. The molecular weight excluding hydrogens is 885 g/mol. The number of hydrogen-bond donors (Lipinski definition) is 5. The molecule has 13 heteroatoms. The third-order valence-electron chi connectivity index (χ3n) is 13.9. The van der Waals surface area contributed by atoms with Crippen LogP contribution in [0.5, 0.6) is 34.5 Å². The number of nitrogens with one attached hydrogen (secondary N) is 2. The summed E-state index contributed by atoms with van der Waals surface area (Å²) in [5.74, 6) is 0.904. The Labute approximate surface area is 407 Å². The van der Waals surface area contributed by atoms with E-state index in [2.05, 4.69) is 58.0 Å². The van der Waals surface area contributed by atoms with Gasteiger partial charge in [-0.3, -0.25) is 14.4 Å². The highest BCUT2D eigenvalue weighted by Gasteiger charge is 2.32. The molecule has 2 aliphatic heterocycles. The summed E-state index contributed by atoms with van der Waals surface area (Å²) in [7, 11) is 1.47. The summed E-state index contributed by atoms with van der Waals surface area (Å²) in [5, 5.41) is 38.0. The standard InChI is InChI=1S/C57H60N4O9/c1-35(62)20-22-61-52-16-7-11-40-33-60(34-51(40)52)53(41-25-54(67)57(55(26-41)68-3)70-46-14-8-13-44(65)28-46)30-45(66)29-47(69-36(2)63)18-17-37-9-4-5-15-48(37)50-32-58-31-42(50)24-49(38-10-6-12-43(64)23-38)39-19-21-59-56(61)27-39/h5-8,10-16,19,23,25-28,31-34,37,47-49,53,58-59,64-65,67H,4,9,17-18,20-22,24,29-30H2,1-3H3. The number of aromatic amines is 1. The lowest BCUT2D eigenvalue weighted by Gasteiger charge is -2.33. The Balaban J connectivity index is 1.20. The summed E-state index contributed by atoms with van der Waals surface area (Å²) in [4.78, 5) is 45.7. The van der Waals surface area contributed by atoms with E-state index >= 15 is 0 Å². The molecule has 4 bridgehead atoms. The molecule has 1 aliphatic carbocycles. The van der Waals surface area contributed by atoms with Crippen molar-refractivity contribution in [3.8, 4) is 34.5 Å². The van der Waals surface area contributed by atoms with Crippen LogP contribution >= 0.6 is 0 Å². The van der Waals surface area contributed by atoms with Crippen molar-refractivity contribution in [2.24, 2.45) is 5.92 Å². The maximum absolute atomic E-state index is 14.6. The van der Waals surface area contributed by atoms with Gasteiger partial charge in [-0.1, -0.05) is 48.6 Å². The van der Waals surface area contributed by atoms with Gasteiger partial charge in [-0.25, -0.2) is 0 Å². The Kier molecular flexibility index (Phi) is 14.2. The van der Waals surface area contributed by atoms with E-state index in [1.165, 1.54) is 31.7 Å². The number of nitrogens with zero attached hydrogens (tertiary/aromatic N) is 2. The molecule has 4 aromatic carbocycles. The van der Waals surface area contributed by atoms with Gasteiger partial charge in [-0.05, 0) is 121 Å². The summed E-state index contributed by atoms with van der Waals surface area (Å²) in [6.07, 6.45) is 20.4. The highest BCUT2D eigenvalue weighted by atomic mass is 16.5. The number of carbonyl (C=O) groups is 3. The number of benzene rings is 4. The Hall–Kier alpha value is -7.67. The predicted octanol–water partition coefficient (Wildman–Crippen LogP) is 10.8. The van der Waals surface area contributed by atoms with Crippen LogP contribution in [0.25, 0.3) is 10.8 Å². The number of anilines is 1. The van der Waals surface area contributed by atoms with Crippen LogP contribution in [0.4, 0.5) is 5.69 Å². The lowest BCUT2D eigenvalue weighted by atomic mass is 9.75. The van der Waals surface area contributed by atoms with Crippen molar-refractivity contribution in [1.82, 2.24) is 14.9 Å². The van der Waals surface area contributed by atoms with Crippen molar-refractivity contribution in [2.45, 2.75) is 89.2 Å². The minimum Gasteiger partial charge on any atom is -0.508 e. The molecule has 6 aromatic rings. The van der Waals surface area contributed by atoms with Crippen LogP contribution in [0, 0.1) is 5.92 Å². The molecule has 9 rings (SSSR count). The number of H-pyrrole nitrogens is 1. The Morgan fingerprint density at radius 3 is 2.46 bits per heavy atom. The predicted molar refractivity (Wildman–Crippen MR) is 269 cm³/mol. The van der Waals surface area contributed by atoms with Crippen molar-refractivity contribution in [3.05, 3.63) is 162 Å². The van der Waals surface area contributed by atoms with E-state index in [-0.39, 0.29) is 83.1 Å². The number of rotatable bonds is 9. The highest BCUT2D eigenvalue weighted by molar-refractivity contribution is 5.95. The lowest BCUT2D eigenvalue weighted by Crippen LogP contribution is -2.35. The molecule has 2 aromatic heterocycles. The third-order valence-corrected chi connectivity index (χ3v) is 13.9. The first-order valence-corrected chi connectivity index (χ1v) is 24.1. The van der Waals surface area contributed by atoms with Gasteiger partial charge in [0.25, 0.3) is 0 Å². The number of Topliss-reactive ketones (excluding diaryl/α,β-unsaturated/α-hetero) is 2. The normalized spacial score (nSPS) is 20.8. The molecule has 4 heterocycles. The number of phenolic OH excluding ortho intramolecular Hbond substituents is 3. The largest absolute Gasteiger partial charge is 0.508 e. The quantitative estimate of drug-likeness (QED) is 0.0689. The minimum atomic E-state index is -0.676. The van der Waals surface area contributed by atoms with E-state index in [1.807, 2.05) is 47.3 Å². The summed E-state index contributed by atoms with van der Waals surface area (Å²) in [6.45, 7) is 3.88. The molecule has 362 valence electrons. The zero-order valence-corrected chi connectivity index (χ0v) is 39.8. The Morgan fingerprint density at radius 2 is 1.67 bits per heavy atom. The zero-order chi connectivity index (χ0) is 48.9. The zero-order valence-electron chi connectivity index (χ0n) is 39.8. The van der Waals surface area contributed by atoms with Crippen molar-refractivity contribution in [1.29, 1.82) is 0 Å². The second-order valence-electron chi connectivity index (χ2n) is 18.7. The second kappa shape index (κ2) is 20.9. The number of carbonyl (C=O) groups excluding carboxylic acids is 3. The first-order chi connectivity index (χ1) is 33.9. The number of ether oxygens (including phenoxy) is 3. The lowest BCUT2D eigenvalue weighted by molar-refractivity contribution is -0.148. The Bertz CT molecular complexity index is 3000. The van der Waals surface area contributed by atoms with Crippen LogP contribution in [0.2, 0.25) is 0 Å². The molecule has 70 heavy (non-hydrogen) atoms. The molecule has 13 nitrogen and oxygen atoms in total. The minimum absolute atomic E-state index is 0.00801. The fourth-order valence-electron chi connectivity index (χ4n) is 10.5. The average molecular weight is 945 g/mol. The molecule has 0 saturated carbocycles. The number of hydrogen-bond acceptors (Lipinski definition) is 11. The van der Waals surface area contributed by atoms with E-state index in [9.17, 15) is 29.7 Å². The number of phenols is 3. The molecule has 0 saturated heterocycles. The average Bonchev–Trinajstić information content (AvgIpc) is 4.00. The maximum atomic E-state index is 14.6. The SMILES string of the molecule is COc1cc(C2CC(=O)CC(OC(C)=O)CCC3CCC=CC3c3c[nH]cc3CC(c3cccc(O)c3)C3=CCNC(=C3)N(CCC(C)=O)c3cccc4cn2cc34)cc(O)c1Oc1cccc(O)c1. The van der Waals surface area contributed by atoms with Crippen LogP contribution in [0.1, 0.15) is 98.9 Å². The van der Waals surface area contributed by atoms with Gasteiger partial charge in [0, 0.05) is 92.7 Å². The van der Waals surface area contributed by atoms with E-state index in [4.69, 9.17) is 14.2 Å². The van der Waals surface area contributed by atoms with Crippen molar-refractivity contribution in [2.75, 3.05) is 25.1 Å². The number of fused-ring (bicyclic) bond motifs is 5. The summed E-state index contributed by atoms with van der Waals surface area (Å²) in [6, 6.07) is 22.3. The van der Waals surface area contributed by atoms with E-state index < -0.39 is 18.1 Å². The highest BCUT2D eigenvalue weighted by Crippen LogP contribution is 2.45. The van der Waals surface area contributed by atoms with Gasteiger partial charge in [-0.15, -0.1) is 0 Å². The van der Waals surface area contributed by atoms with E-state index in [1.54, 1.807) is 37.3 Å². The number of aromatic hydroxyl groups is 3. The maximum Gasteiger partial charge on any atom is 0.302 e. The van der Waals surface area contributed by atoms with Crippen LogP contribution < -0.4 is 19.7 Å². The van der Waals surface area contributed by atoms with Crippen molar-refractivity contribution >= 4 is 34.0 Å². The van der Waals surface area contributed by atoms with Crippen molar-refractivity contribution in [3.63, 3.8) is 0 Å². The summed E-state index contributed by atoms with van der Waals surface area (Å²) < 4.78 is 19.8. The van der Waals surface area contributed by atoms with Crippen LogP contribution in [-0.4, -0.2) is 68.7 Å². The molecule has 5 N–H and O–H groups in total. The smallest absolute Gasteiger partial charge is 0.302 e. The fraction of sp³-hybridized carbons (Fsp3) is 0.316. The third kappa shape index (κ3) is 10.6. The van der Waals surface area contributed by atoms with Gasteiger partial charge < -0.3 is 49.3 Å². The number of esters is 1. The molecule has 5 atom stereocenters. The number of methoxy groups -OCH3 is 1. The molecular formula is C57H60N4O9. The van der Waals surface area contributed by atoms with E-state index in [0.29, 0.717) is 31.5 Å². The van der Waals surface area contributed by atoms with Gasteiger partial charge in [0.15, 0.2) is 11.5 Å². The summed E-state index contributed by atoms with van der Waals surface area (Å²) in [5.41, 5.74) is 5.80. The molecule has 0 amide bonds. The fourth-order valence-corrected chi connectivity index (χ4v) is 10.5. The molecule has 3 aliphatic rings. The first-order valence-electron chi connectivity index (χ1n) is 24.1. The summed E-state index contributed by atoms with van der Waals surface area (Å²) >= 11 is 0. The second-order valence-corrected chi connectivity index (χ2v) is 18.7. The topological polar surface area (TPSA) is 176 Å². The number of ketones is 2. The van der Waals surface area contributed by atoms with Gasteiger partial charge in [0.1, 0.15) is 40.7 Å². The van der Waals surface area contributed by atoms with Crippen LogP contribution in [0.15, 0.2) is 139 Å². The number of aromatic nitrogens is 2. The van der Waals surface area contributed by atoms with Gasteiger partial charge in [0.05, 0.1) is 18.8 Å². The van der Waals surface area contributed by atoms with Gasteiger partial charge in [-0.2, -0.15) is 0 Å². The van der Waals surface area contributed by atoms with Gasteiger partial charge >= 0.3 is 5.97 Å². The van der Waals surface area contributed by atoms with Crippen LogP contribution in [-0.2, 0) is 25.5 Å². The van der Waals surface area contributed by atoms with Crippen LogP contribution in [0.3, 0.4) is 0 Å². The molecule has 0 radical (unpaired) electrons. The number of dihydropyridines is 1. The molecule has 0 spiro atoms. The van der Waals surface area contributed by atoms with Gasteiger partial charge in [0.2, 0.25) is 5.75 Å².